The average Bonchev–Trinajstić information content (AvgIpc) is 3.90. The molecule has 8 nitrogen and oxygen atoms in total. The number of barbiturate groups is 1. The number of allylic oxidation sites excluding steroid dienone is 7. The topological polar surface area (TPSA) is 76.8 Å². The quantitative estimate of drug-likeness (QED) is 0.0603. The fraction of sp³-hybridized carbons (Fsp3) is 0.426. The third kappa shape index (κ3) is 8.63. The zero-order valence-electron chi connectivity index (χ0n) is 38.7. The molecule has 6 rings (SSSR count). The second-order valence-electron chi connectivity index (χ2n) is 17.1. The summed E-state index contributed by atoms with van der Waals surface area (Å²) in [5, 5.41) is 6.96. The van der Waals surface area contributed by atoms with Crippen molar-refractivity contribution in [3.63, 3.8) is 0 Å². The van der Waals surface area contributed by atoms with Gasteiger partial charge in [0.2, 0.25) is 0 Å². The summed E-state index contributed by atoms with van der Waals surface area (Å²) in [6.45, 7) is 21.5. The third-order valence-corrected chi connectivity index (χ3v) is 12.7. The van der Waals surface area contributed by atoms with Gasteiger partial charge in [-0.15, -0.1) is 6.58 Å². The van der Waals surface area contributed by atoms with Crippen molar-refractivity contribution in [1.82, 2.24) is 18.9 Å². The first kappa shape index (κ1) is 46.0. The molecule has 8 heteroatoms. The Bertz CT molecular complexity index is 2640. The van der Waals surface area contributed by atoms with Crippen LogP contribution in [0.25, 0.3) is 46.0 Å². The number of ether oxygens (including phenoxy) is 1. The van der Waals surface area contributed by atoms with E-state index in [4.69, 9.17) is 4.74 Å². The molecule has 0 bridgehead atoms. The van der Waals surface area contributed by atoms with E-state index in [1.807, 2.05) is 13.0 Å². The van der Waals surface area contributed by atoms with Crippen LogP contribution < -0.4 is 15.9 Å². The van der Waals surface area contributed by atoms with E-state index in [1.54, 1.807) is 14.0 Å². The van der Waals surface area contributed by atoms with Crippen LogP contribution in [-0.4, -0.2) is 63.1 Å². The summed E-state index contributed by atoms with van der Waals surface area (Å²) in [6, 6.07) is 12.3. The monoisotopic (exact) mass is 837 g/mol. The van der Waals surface area contributed by atoms with Gasteiger partial charge in [-0.05, 0) is 130 Å². The molecule has 2 aliphatic rings. The molecule has 1 aliphatic carbocycles. The number of carbonyl (C=O) groups excluding carboxylic acids is 3. The van der Waals surface area contributed by atoms with Crippen LogP contribution in [0.4, 0.5) is 4.79 Å². The van der Waals surface area contributed by atoms with Gasteiger partial charge in [0.1, 0.15) is 5.57 Å². The maximum absolute atomic E-state index is 14.9. The van der Waals surface area contributed by atoms with E-state index >= 15 is 0 Å². The standard InChI is InChI=1S/C54H68N4O4/c1-11-17-34-55-52(59)51(53(60)58(54(55)61)38(9)35-62-10)49-40(30-32-46-42(16-6)43(22-14-4)45(23-15-5)56(46)36(7)20-12-2)28-29-41(49)31-33-47-44-26-18-24-39-25-19-27-48(50(39)44)57(47)37(8)21-13-3/h14-16,18-19,23-27,30-33,36-38H,4,11-13,17,20-22,28-29,34-35H2,1-3,5-10H3/b23-15-,40-30-,41-31+,42-16+,46-32+,47-33+,51-49-. The van der Waals surface area contributed by atoms with Crippen LogP contribution in [0.15, 0.2) is 89.6 Å². The number of carbonyl (C=O) groups is 3. The molecule has 2 aromatic carbocycles. The van der Waals surface area contributed by atoms with E-state index in [0.717, 1.165) is 65.6 Å². The van der Waals surface area contributed by atoms with Crippen molar-refractivity contribution < 1.29 is 19.1 Å². The van der Waals surface area contributed by atoms with Crippen LogP contribution in [0.1, 0.15) is 130 Å². The van der Waals surface area contributed by atoms with E-state index in [0.29, 0.717) is 24.8 Å². The number of nitrogens with zero attached hydrogens (tertiary/aromatic N) is 4. The maximum Gasteiger partial charge on any atom is 0.334 e. The van der Waals surface area contributed by atoms with Gasteiger partial charge in [0.15, 0.2) is 0 Å². The lowest BCUT2D eigenvalue weighted by Crippen LogP contribution is -2.60. The van der Waals surface area contributed by atoms with Gasteiger partial charge in [-0.2, -0.15) is 0 Å². The smallest absolute Gasteiger partial charge is 0.334 e. The molecule has 3 atom stereocenters. The molecule has 1 aliphatic heterocycles. The molecule has 0 N–H and O–H groups in total. The van der Waals surface area contributed by atoms with Crippen molar-refractivity contribution in [1.29, 1.82) is 0 Å². The van der Waals surface area contributed by atoms with Gasteiger partial charge < -0.3 is 13.9 Å². The summed E-state index contributed by atoms with van der Waals surface area (Å²) in [5.74, 6) is -1.10. The molecule has 2 fully saturated rings. The van der Waals surface area contributed by atoms with E-state index in [1.165, 1.54) is 42.7 Å². The van der Waals surface area contributed by atoms with Crippen molar-refractivity contribution in [2.45, 2.75) is 131 Å². The first-order valence-electron chi connectivity index (χ1n) is 23.0. The summed E-state index contributed by atoms with van der Waals surface area (Å²) in [5.41, 5.74) is 6.08. The van der Waals surface area contributed by atoms with Crippen molar-refractivity contribution in [2.75, 3.05) is 20.3 Å². The van der Waals surface area contributed by atoms with E-state index in [9.17, 15) is 14.4 Å². The molecule has 62 heavy (non-hydrogen) atoms. The summed E-state index contributed by atoms with van der Waals surface area (Å²) in [7, 11) is 1.56. The fourth-order valence-electron chi connectivity index (χ4n) is 9.92. The van der Waals surface area contributed by atoms with E-state index in [-0.39, 0.29) is 30.8 Å². The minimum Gasteiger partial charge on any atom is -0.383 e. The van der Waals surface area contributed by atoms with Gasteiger partial charge in [0.25, 0.3) is 11.8 Å². The van der Waals surface area contributed by atoms with Crippen LogP contribution in [0.5, 0.6) is 0 Å². The number of imide groups is 2. The highest BCUT2D eigenvalue weighted by Gasteiger charge is 2.46. The Morgan fingerprint density at radius 3 is 2.02 bits per heavy atom. The molecule has 1 saturated heterocycles. The molecule has 3 heterocycles. The highest BCUT2D eigenvalue weighted by molar-refractivity contribution is 6.30. The number of methoxy groups -OCH3 is 1. The number of rotatable bonds is 17. The van der Waals surface area contributed by atoms with Crippen molar-refractivity contribution in [3.8, 4) is 0 Å². The summed E-state index contributed by atoms with van der Waals surface area (Å²) >= 11 is 0. The van der Waals surface area contributed by atoms with Crippen LogP contribution >= 0.6 is 0 Å². The molecule has 3 unspecified atom stereocenters. The Hall–Kier alpha value is -5.47. The van der Waals surface area contributed by atoms with Crippen LogP contribution in [0, 0.1) is 0 Å². The minimum absolute atomic E-state index is 0.0532. The minimum atomic E-state index is -0.584. The average molecular weight is 837 g/mol. The maximum atomic E-state index is 14.9. The van der Waals surface area contributed by atoms with Crippen molar-refractivity contribution in [3.05, 3.63) is 117 Å². The normalized spacial score (nSPS) is 20.2. The Balaban J connectivity index is 1.70. The molecular weight excluding hydrogens is 769 g/mol. The number of amides is 4. The Morgan fingerprint density at radius 2 is 1.42 bits per heavy atom. The number of hydrogen-bond acceptors (Lipinski definition) is 4. The van der Waals surface area contributed by atoms with Crippen molar-refractivity contribution in [2.24, 2.45) is 0 Å². The van der Waals surface area contributed by atoms with E-state index < -0.39 is 23.9 Å². The molecule has 0 radical (unpaired) electrons. The van der Waals surface area contributed by atoms with Gasteiger partial charge in [0, 0.05) is 58.4 Å². The molecule has 0 spiro atoms. The summed E-state index contributed by atoms with van der Waals surface area (Å²) in [4.78, 5) is 46.4. The highest BCUT2D eigenvalue weighted by Crippen LogP contribution is 2.41. The lowest BCUT2D eigenvalue weighted by atomic mass is 9.94. The number of benzene rings is 2. The lowest BCUT2D eigenvalue weighted by molar-refractivity contribution is -0.137. The van der Waals surface area contributed by atoms with Gasteiger partial charge in [0.05, 0.1) is 12.6 Å². The van der Waals surface area contributed by atoms with Gasteiger partial charge in [-0.1, -0.05) is 101 Å². The van der Waals surface area contributed by atoms with E-state index in [2.05, 4.69) is 136 Å². The molecule has 4 amide bonds. The number of unbranched alkanes of at least 4 members (excludes halogenated alkanes) is 1. The predicted octanol–water partition coefficient (Wildman–Crippen LogP) is 10.4. The summed E-state index contributed by atoms with van der Waals surface area (Å²) in [6.07, 6.45) is 24.6. The van der Waals surface area contributed by atoms with Crippen LogP contribution in [0.3, 0.4) is 0 Å². The van der Waals surface area contributed by atoms with Crippen LogP contribution in [-0.2, 0) is 20.7 Å². The zero-order valence-corrected chi connectivity index (χ0v) is 38.7. The van der Waals surface area contributed by atoms with Gasteiger partial charge in [-0.25, -0.2) is 4.79 Å². The lowest BCUT2D eigenvalue weighted by Gasteiger charge is -2.37. The molecular formula is C54H68N4O4. The number of hydrogen-bond donors (Lipinski definition) is 0. The summed E-state index contributed by atoms with van der Waals surface area (Å²) < 4.78 is 10.4. The van der Waals surface area contributed by atoms with Crippen LogP contribution in [0.2, 0.25) is 0 Å². The first-order valence-corrected chi connectivity index (χ1v) is 23.0. The first-order chi connectivity index (χ1) is 30.0. The van der Waals surface area contributed by atoms with Gasteiger partial charge in [-0.3, -0.25) is 19.4 Å². The molecule has 4 aromatic rings. The largest absolute Gasteiger partial charge is 0.383 e. The Labute approximate surface area is 369 Å². The predicted molar refractivity (Wildman–Crippen MR) is 258 cm³/mol. The third-order valence-electron chi connectivity index (χ3n) is 12.7. The number of aromatic nitrogens is 2. The van der Waals surface area contributed by atoms with Crippen molar-refractivity contribution >= 4 is 63.8 Å². The number of urea groups is 1. The fourth-order valence-corrected chi connectivity index (χ4v) is 9.92. The second-order valence-corrected chi connectivity index (χ2v) is 17.1. The Kier molecular flexibility index (Phi) is 15.3. The second kappa shape index (κ2) is 20.6. The molecule has 1 saturated carbocycles. The molecule has 328 valence electrons. The highest BCUT2D eigenvalue weighted by atomic mass is 16.5. The van der Waals surface area contributed by atoms with Gasteiger partial charge >= 0.3 is 6.03 Å². The zero-order chi connectivity index (χ0) is 44.7. The SMILES string of the molecule is C=CCc1c(/C=C\C)n(C(C)CCC)c(=C/C=C2/CCC(=C\C=c3/c4cccc5cccc(c54)n3C(C)CCC)/C2=C2/C(=O)N(CCCC)C(=O)N(C(C)COC)C2=O)/c1=C/C. The Morgan fingerprint density at radius 1 is 0.774 bits per heavy atom. The molecule has 2 aromatic heterocycles.